The van der Waals surface area contributed by atoms with Gasteiger partial charge in [-0.3, -0.25) is 4.90 Å². The van der Waals surface area contributed by atoms with Crippen LogP contribution in [0.15, 0.2) is 18.2 Å². The second-order valence-electron chi connectivity index (χ2n) is 6.63. The Hall–Kier alpha value is -0.770. The van der Waals surface area contributed by atoms with Crippen LogP contribution in [0.5, 0.6) is 5.75 Å². The summed E-state index contributed by atoms with van der Waals surface area (Å²) in [6, 6.07) is 6.96. The van der Waals surface area contributed by atoms with Gasteiger partial charge in [-0.05, 0) is 29.0 Å². The molecule has 0 saturated carbocycles. The van der Waals surface area contributed by atoms with Crippen LogP contribution in [0.25, 0.3) is 0 Å². The van der Waals surface area contributed by atoms with Crippen molar-refractivity contribution < 1.29 is 4.74 Å². The number of rotatable bonds is 2. The van der Waals surface area contributed by atoms with Gasteiger partial charge in [-0.25, -0.2) is 0 Å². The number of nitrogens with zero attached hydrogens (tertiary/aromatic N) is 1. The summed E-state index contributed by atoms with van der Waals surface area (Å²) in [4.78, 5) is 2.53. The number of hydrogen-bond acceptors (Lipinski definition) is 3. The van der Waals surface area contributed by atoms with Crippen LogP contribution in [0.3, 0.4) is 0 Å². The van der Waals surface area contributed by atoms with Crippen LogP contribution in [-0.4, -0.2) is 30.6 Å². The molecule has 1 aromatic rings. The minimum absolute atomic E-state index is 0. The highest BCUT2D eigenvalue weighted by molar-refractivity contribution is 5.85. The molecule has 4 heteroatoms. The van der Waals surface area contributed by atoms with Crippen LogP contribution in [-0.2, 0) is 13.0 Å². The zero-order valence-electron chi connectivity index (χ0n) is 12.4. The number of halogens is 1. The Balaban J connectivity index is 0.00000147. The lowest BCUT2D eigenvalue weighted by molar-refractivity contribution is 0.0899. The summed E-state index contributed by atoms with van der Waals surface area (Å²) in [6.07, 6.45) is 2.15. The maximum Gasteiger partial charge on any atom is 0.122 e. The van der Waals surface area contributed by atoms with Gasteiger partial charge >= 0.3 is 0 Å². The lowest BCUT2D eigenvalue weighted by atomic mass is 9.79. The fourth-order valence-corrected chi connectivity index (χ4v) is 3.22. The van der Waals surface area contributed by atoms with E-state index in [1.165, 1.54) is 11.1 Å². The maximum atomic E-state index is 6.20. The Labute approximate surface area is 127 Å². The molecule has 2 aliphatic heterocycles. The normalized spacial score (nSPS) is 24.6. The first-order valence-corrected chi connectivity index (χ1v) is 7.27. The van der Waals surface area contributed by atoms with Crippen LogP contribution in [0.2, 0.25) is 0 Å². The molecule has 20 heavy (non-hydrogen) atoms. The Morgan fingerprint density at radius 1 is 1.40 bits per heavy atom. The zero-order valence-corrected chi connectivity index (χ0v) is 13.2. The second kappa shape index (κ2) is 5.92. The quantitative estimate of drug-likeness (QED) is 0.912. The standard InChI is InChI=1S/C16H24N2O.ClH/c1-16(2)11-18(7-5-15(16)17)10-12-3-4-14-13(9-12)6-8-19-14;/h3-4,9,15H,5-8,10-11,17H2,1-2H3;1H. The molecule has 2 heterocycles. The molecule has 0 aliphatic carbocycles. The van der Waals surface area contributed by atoms with Crippen molar-refractivity contribution in [3.8, 4) is 5.75 Å². The predicted molar refractivity (Wildman–Crippen MR) is 84.5 cm³/mol. The van der Waals surface area contributed by atoms with Gasteiger partial charge in [0.1, 0.15) is 5.75 Å². The van der Waals surface area contributed by atoms with Crippen molar-refractivity contribution in [3.05, 3.63) is 29.3 Å². The fourth-order valence-electron chi connectivity index (χ4n) is 3.22. The van der Waals surface area contributed by atoms with Gasteiger partial charge in [0.05, 0.1) is 6.61 Å². The summed E-state index contributed by atoms with van der Waals surface area (Å²) in [5.41, 5.74) is 9.18. The molecule has 0 radical (unpaired) electrons. The summed E-state index contributed by atoms with van der Waals surface area (Å²) >= 11 is 0. The number of likely N-dealkylation sites (tertiary alicyclic amines) is 1. The second-order valence-corrected chi connectivity index (χ2v) is 6.63. The van der Waals surface area contributed by atoms with Crippen LogP contribution in [0.1, 0.15) is 31.4 Å². The summed E-state index contributed by atoms with van der Waals surface area (Å²) in [5, 5.41) is 0. The molecule has 1 unspecified atom stereocenters. The van der Waals surface area contributed by atoms with Gasteiger partial charge in [0.2, 0.25) is 0 Å². The van der Waals surface area contributed by atoms with Crippen molar-refractivity contribution in [2.24, 2.45) is 11.1 Å². The molecule has 112 valence electrons. The summed E-state index contributed by atoms with van der Waals surface area (Å²) in [6.45, 7) is 8.62. The first-order valence-electron chi connectivity index (χ1n) is 7.27. The highest BCUT2D eigenvalue weighted by Gasteiger charge is 2.33. The highest BCUT2D eigenvalue weighted by Crippen LogP contribution is 2.30. The molecule has 1 fully saturated rings. The number of nitrogens with two attached hydrogens (primary N) is 1. The van der Waals surface area contributed by atoms with Gasteiger partial charge in [0, 0.05) is 32.1 Å². The van der Waals surface area contributed by atoms with E-state index < -0.39 is 0 Å². The minimum atomic E-state index is 0. The molecule has 3 rings (SSSR count). The SMILES string of the molecule is CC1(C)CN(Cc2ccc3c(c2)CCO3)CCC1N.Cl. The Kier molecular flexibility index (Phi) is 4.62. The van der Waals surface area contributed by atoms with Gasteiger partial charge in [-0.15, -0.1) is 12.4 Å². The van der Waals surface area contributed by atoms with E-state index in [0.717, 1.165) is 44.8 Å². The van der Waals surface area contributed by atoms with E-state index in [1.807, 2.05) is 0 Å². The molecular formula is C16H25ClN2O. The molecule has 0 spiro atoms. The lowest BCUT2D eigenvalue weighted by Gasteiger charge is -2.42. The Morgan fingerprint density at radius 3 is 2.95 bits per heavy atom. The molecule has 1 atom stereocenters. The molecule has 0 bridgehead atoms. The zero-order chi connectivity index (χ0) is 13.5. The van der Waals surface area contributed by atoms with Crippen molar-refractivity contribution >= 4 is 12.4 Å². The Bertz CT molecular complexity index is 476. The average molecular weight is 297 g/mol. The molecule has 0 amide bonds. The first-order chi connectivity index (χ1) is 9.04. The summed E-state index contributed by atoms with van der Waals surface area (Å²) in [5.74, 6) is 1.07. The summed E-state index contributed by atoms with van der Waals surface area (Å²) in [7, 11) is 0. The molecule has 3 nitrogen and oxygen atoms in total. The van der Waals surface area contributed by atoms with Crippen molar-refractivity contribution in [1.82, 2.24) is 4.90 Å². The molecule has 1 aromatic carbocycles. The molecule has 2 N–H and O–H groups in total. The molecule has 2 aliphatic rings. The van der Waals surface area contributed by atoms with Gasteiger partial charge < -0.3 is 10.5 Å². The third kappa shape index (κ3) is 3.11. The van der Waals surface area contributed by atoms with Gasteiger partial charge in [-0.2, -0.15) is 0 Å². The van der Waals surface area contributed by atoms with E-state index in [-0.39, 0.29) is 17.8 Å². The van der Waals surface area contributed by atoms with E-state index in [1.54, 1.807) is 0 Å². The van der Waals surface area contributed by atoms with E-state index in [2.05, 4.69) is 36.9 Å². The van der Waals surface area contributed by atoms with E-state index >= 15 is 0 Å². The third-order valence-corrected chi connectivity index (χ3v) is 4.55. The number of fused-ring (bicyclic) bond motifs is 1. The largest absolute Gasteiger partial charge is 0.493 e. The minimum Gasteiger partial charge on any atom is -0.493 e. The lowest BCUT2D eigenvalue weighted by Crippen LogP contribution is -2.52. The smallest absolute Gasteiger partial charge is 0.122 e. The molecule has 0 aromatic heterocycles. The van der Waals surface area contributed by atoms with Crippen LogP contribution in [0, 0.1) is 5.41 Å². The monoisotopic (exact) mass is 296 g/mol. The Morgan fingerprint density at radius 2 is 2.20 bits per heavy atom. The molecular weight excluding hydrogens is 272 g/mol. The first kappa shape index (κ1) is 15.6. The van der Waals surface area contributed by atoms with E-state index in [0.29, 0.717) is 6.04 Å². The van der Waals surface area contributed by atoms with E-state index in [9.17, 15) is 0 Å². The number of piperidine rings is 1. The van der Waals surface area contributed by atoms with Gasteiger partial charge in [0.25, 0.3) is 0 Å². The van der Waals surface area contributed by atoms with Crippen LogP contribution >= 0.6 is 12.4 Å². The highest BCUT2D eigenvalue weighted by atomic mass is 35.5. The van der Waals surface area contributed by atoms with Gasteiger partial charge in [0.15, 0.2) is 0 Å². The topological polar surface area (TPSA) is 38.5 Å². The number of benzene rings is 1. The van der Waals surface area contributed by atoms with Crippen LogP contribution < -0.4 is 10.5 Å². The molecule has 1 saturated heterocycles. The predicted octanol–water partition coefficient (Wildman–Crippen LogP) is 2.60. The van der Waals surface area contributed by atoms with Crippen molar-refractivity contribution in [3.63, 3.8) is 0 Å². The average Bonchev–Trinajstić information content (AvgIpc) is 2.81. The van der Waals surface area contributed by atoms with Crippen LogP contribution in [0.4, 0.5) is 0 Å². The van der Waals surface area contributed by atoms with Crippen molar-refractivity contribution in [1.29, 1.82) is 0 Å². The third-order valence-electron chi connectivity index (χ3n) is 4.55. The van der Waals surface area contributed by atoms with Crippen molar-refractivity contribution in [2.75, 3.05) is 19.7 Å². The van der Waals surface area contributed by atoms with Gasteiger partial charge in [-0.1, -0.05) is 26.0 Å². The van der Waals surface area contributed by atoms with Crippen molar-refractivity contribution in [2.45, 2.75) is 39.3 Å². The fraction of sp³-hybridized carbons (Fsp3) is 0.625. The maximum absolute atomic E-state index is 6.20. The summed E-state index contributed by atoms with van der Waals surface area (Å²) < 4.78 is 5.56. The van der Waals surface area contributed by atoms with E-state index in [4.69, 9.17) is 10.5 Å². The number of hydrogen-bond donors (Lipinski definition) is 1. The number of ether oxygens (including phenoxy) is 1.